The van der Waals surface area contributed by atoms with Crippen LogP contribution < -0.4 is 4.90 Å². The van der Waals surface area contributed by atoms with Gasteiger partial charge in [0.1, 0.15) is 6.07 Å². The Bertz CT molecular complexity index is 2560. The summed E-state index contributed by atoms with van der Waals surface area (Å²) in [6, 6.07) is 53.0. The fourth-order valence-corrected chi connectivity index (χ4v) is 6.82. The number of nitriles is 1. The van der Waals surface area contributed by atoms with Crippen molar-refractivity contribution in [3.63, 3.8) is 0 Å². The highest BCUT2D eigenvalue weighted by Gasteiger charge is 2.18. The van der Waals surface area contributed by atoms with Crippen LogP contribution in [0.2, 0.25) is 0 Å². The number of benzene rings is 8. The Morgan fingerprint density at radius 2 is 1.15 bits per heavy atom. The van der Waals surface area contributed by atoms with Crippen LogP contribution in [-0.4, -0.2) is 0 Å². The maximum Gasteiger partial charge on any atom is 0.202 e. The molecular weight excluding hydrogens is 583 g/mol. The third-order valence-electron chi connectivity index (χ3n) is 9.13. The summed E-state index contributed by atoms with van der Waals surface area (Å²) in [4.78, 5) is 6.27. The number of nitrogens with zero attached hydrogens (tertiary/aromatic N) is 3. The maximum atomic E-state index is 10.1. The Labute approximate surface area is 279 Å². The smallest absolute Gasteiger partial charge is 0.202 e. The molecule has 0 fully saturated rings. The average molecular weight is 612 g/mol. The second-order valence-corrected chi connectivity index (χ2v) is 12.1. The van der Waals surface area contributed by atoms with Crippen molar-refractivity contribution in [2.24, 2.45) is 0 Å². The summed E-state index contributed by atoms with van der Waals surface area (Å²) in [5, 5.41) is 18.1. The Morgan fingerprint density at radius 1 is 0.562 bits per heavy atom. The quantitative estimate of drug-likeness (QED) is 0.110. The zero-order valence-electron chi connectivity index (χ0n) is 26.4. The van der Waals surface area contributed by atoms with Gasteiger partial charge in [-0.25, -0.2) is 4.85 Å². The van der Waals surface area contributed by atoms with Crippen LogP contribution in [0, 0.1) is 24.8 Å². The molecular formula is C45H29N3. The lowest BCUT2D eigenvalue weighted by Crippen LogP contribution is -2.11. The Kier molecular flexibility index (Phi) is 7.14. The molecule has 0 saturated carbocycles. The Hall–Kier alpha value is -6.68. The summed E-state index contributed by atoms with van der Waals surface area (Å²) in [6.45, 7) is 9.99. The molecule has 48 heavy (non-hydrogen) atoms. The molecule has 3 nitrogen and oxygen atoms in total. The van der Waals surface area contributed by atoms with Gasteiger partial charge in [0.25, 0.3) is 0 Å². The lowest BCUT2D eigenvalue weighted by atomic mass is 9.93. The van der Waals surface area contributed by atoms with Gasteiger partial charge >= 0.3 is 0 Å². The molecule has 0 aliphatic carbocycles. The number of aryl methyl sites for hydroxylation is 1. The average Bonchev–Trinajstić information content (AvgIpc) is 3.13. The van der Waals surface area contributed by atoms with Crippen molar-refractivity contribution in [3.8, 4) is 6.07 Å². The predicted molar refractivity (Wildman–Crippen MR) is 202 cm³/mol. The molecule has 0 amide bonds. The van der Waals surface area contributed by atoms with Crippen molar-refractivity contribution in [1.82, 2.24) is 0 Å². The van der Waals surface area contributed by atoms with E-state index in [1.54, 1.807) is 0 Å². The largest absolute Gasteiger partial charge is 0.309 e. The molecule has 0 aliphatic rings. The van der Waals surface area contributed by atoms with E-state index in [9.17, 15) is 5.26 Å². The molecule has 0 spiro atoms. The minimum absolute atomic E-state index is 0.584. The van der Waals surface area contributed by atoms with E-state index in [1.165, 1.54) is 21.5 Å². The normalized spacial score (nSPS) is 11.3. The van der Waals surface area contributed by atoms with Crippen molar-refractivity contribution >= 4 is 78.0 Å². The highest BCUT2D eigenvalue weighted by Crippen LogP contribution is 2.42. The molecule has 0 aromatic heterocycles. The van der Waals surface area contributed by atoms with Gasteiger partial charge < -0.3 is 4.90 Å². The fourth-order valence-electron chi connectivity index (χ4n) is 6.82. The topological polar surface area (TPSA) is 31.4 Å². The minimum Gasteiger partial charge on any atom is -0.309 e. The van der Waals surface area contributed by atoms with E-state index in [0.717, 1.165) is 55.3 Å². The lowest BCUT2D eigenvalue weighted by molar-refractivity contribution is 1.31. The molecule has 0 N–H and O–H groups in total. The second kappa shape index (κ2) is 11.9. The van der Waals surface area contributed by atoms with E-state index >= 15 is 0 Å². The van der Waals surface area contributed by atoms with Gasteiger partial charge in [-0.3, -0.25) is 0 Å². The zero-order valence-corrected chi connectivity index (χ0v) is 26.4. The number of fused-ring (bicyclic) bond motifs is 4. The summed E-state index contributed by atoms with van der Waals surface area (Å²) >= 11 is 0. The van der Waals surface area contributed by atoms with Gasteiger partial charge in [-0.15, -0.1) is 0 Å². The Balaban J connectivity index is 1.20. The molecule has 8 aromatic rings. The molecule has 0 radical (unpaired) electrons. The molecule has 224 valence electrons. The monoisotopic (exact) mass is 611 g/mol. The van der Waals surface area contributed by atoms with Crippen molar-refractivity contribution in [3.05, 3.63) is 179 Å². The van der Waals surface area contributed by atoms with Gasteiger partial charge in [-0.1, -0.05) is 139 Å². The van der Waals surface area contributed by atoms with Crippen LogP contribution in [0.25, 0.3) is 60.1 Å². The standard InChI is InChI=1S/C45H29N3/c1-30-17-25-39-40(27-30)42(29-46)38-26-22-32(28-41(38)45(39)47-2)19-18-31-20-23-35(24-21-31)48(43-15-7-11-33-9-3-5-13-36(33)43)44-16-8-12-34-10-4-6-14-37(34)44/h3-28H,1H3. The van der Waals surface area contributed by atoms with Crippen LogP contribution >= 0.6 is 0 Å². The van der Waals surface area contributed by atoms with Crippen molar-refractivity contribution < 1.29 is 0 Å². The van der Waals surface area contributed by atoms with Crippen LogP contribution in [0.5, 0.6) is 0 Å². The van der Waals surface area contributed by atoms with Gasteiger partial charge in [-0.05, 0) is 74.6 Å². The first-order chi connectivity index (χ1) is 23.6. The van der Waals surface area contributed by atoms with Crippen LogP contribution in [0.15, 0.2) is 146 Å². The molecule has 0 saturated heterocycles. The summed E-state index contributed by atoms with van der Waals surface area (Å²) in [5.41, 5.74) is 7.62. The lowest BCUT2D eigenvalue weighted by Gasteiger charge is -2.28. The maximum absolute atomic E-state index is 10.1. The van der Waals surface area contributed by atoms with Crippen LogP contribution in [-0.2, 0) is 0 Å². The molecule has 8 rings (SSSR count). The molecule has 0 heterocycles. The number of hydrogen-bond acceptors (Lipinski definition) is 2. The van der Waals surface area contributed by atoms with Gasteiger partial charge in [0.05, 0.1) is 23.5 Å². The van der Waals surface area contributed by atoms with Gasteiger partial charge in [-0.2, -0.15) is 5.26 Å². The van der Waals surface area contributed by atoms with E-state index in [1.807, 2.05) is 43.3 Å². The molecule has 0 bridgehead atoms. The molecule has 0 unspecified atom stereocenters. The first-order valence-electron chi connectivity index (χ1n) is 15.9. The fraction of sp³-hybridized carbons (Fsp3) is 0.0222. The SMILES string of the molecule is [C-]#[N+]c1c2ccc(C)cc2c(C#N)c2ccc(C=Cc3ccc(N(c4cccc5ccccc45)c4cccc5ccccc45)cc3)cc12. The van der Waals surface area contributed by atoms with Crippen LogP contribution in [0.4, 0.5) is 22.7 Å². The summed E-state index contributed by atoms with van der Waals surface area (Å²) < 4.78 is 0. The van der Waals surface area contributed by atoms with E-state index in [0.29, 0.717) is 11.3 Å². The van der Waals surface area contributed by atoms with Crippen molar-refractivity contribution in [2.45, 2.75) is 6.92 Å². The Morgan fingerprint density at radius 3 is 1.79 bits per heavy atom. The predicted octanol–water partition coefficient (Wildman–Crippen LogP) is 12.7. The zero-order chi connectivity index (χ0) is 32.6. The van der Waals surface area contributed by atoms with Crippen molar-refractivity contribution in [1.29, 1.82) is 5.26 Å². The van der Waals surface area contributed by atoms with E-state index in [2.05, 4.69) is 137 Å². The molecule has 0 aliphatic heterocycles. The van der Waals surface area contributed by atoms with Crippen LogP contribution in [0.1, 0.15) is 22.3 Å². The number of anilines is 3. The summed E-state index contributed by atoms with van der Waals surface area (Å²) in [7, 11) is 0. The molecule has 0 atom stereocenters. The van der Waals surface area contributed by atoms with Crippen molar-refractivity contribution in [2.75, 3.05) is 4.90 Å². The highest BCUT2D eigenvalue weighted by molar-refractivity contribution is 6.16. The van der Waals surface area contributed by atoms with Gasteiger partial charge in [0, 0.05) is 16.5 Å². The first-order valence-corrected chi connectivity index (χ1v) is 15.9. The van der Waals surface area contributed by atoms with E-state index in [-0.39, 0.29) is 0 Å². The minimum atomic E-state index is 0.584. The van der Waals surface area contributed by atoms with Crippen LogP contribution in [0.3, 0.4) is 0 Å². The molecule has 3 heteroatoms. The third kappa shape index (κ3) is 4.92. The number of rotatable bonds is 5. The summed E-state index contributed by atoms with van der Waals surface area (Å²) in [5.74, 6) is 0. The third-order valence-corrected chi connectivity index (χ3v) is 9.13. The van der Waals surface area contributed by atoms with Gasteiger partial charge in [0.2, 0.25) is 5.69 Å². The molecule has 8 aromatic carbocycles. The van der Waals surface area contributed by atoms with E-state index < -0.39 is 0 Å². The van der Waals surface area contributed by atoms with Gasteiger partial charge in [0.15, 0.2) is 0 Å². The summed E-state index contributed by atoms with van der Waals surface area (Å²) in [6.07, 6.45) is 4.17. The van der Waals surface area contributed by atoms with E-state index in [4.69, 9.17) is 6.57 Å². The number of hydrogen-bond donors (Lipinski definition) is 0. The highest BCUT2D eigenvalue weighted by atomic mass is 15.1. The second-order valence-electron chi connectivity index (χ2n) is 12.1. The first kappa shape index (κ1) is 28.8.